The zero-order valence-electron chi connectivity index (χ0n) is 19.3. The first-order chi connectivity index (χ1) is 16.1. The normalized spacial score (nSPS) is 18.1. The third kappa shape index (κ3) is 5.48. The molecule has 3 rings (SSSR count). The number of anilines is 1. The Morgan fingerprint density at radius 3 is 2.26 bits per heavy atom. The van der Waals surface area contributed by atoms with Crippen molar-refractivity contribution < 1.29 is 19.5 Å². The number of para-hydroxylation sites is 1. The maximum Gasteiger partial charge on any atom is 0.326 e. The van der Waals surface area contributed by atoms with Gasteiger partial charge < -0.3 is 20.6 Å². The van der Waals surface area contributed by atoms with E-state index in [4.69, 9.17) is 11.6 Å². The van der Waals surface area contributed by atoms with Gasteiger partial charge in [0.25, 0.3) is 5.91 Å². The lowest BCUT2D eigenvalue weighted by Gasteiger charge is -2.38. The van der Waals surface area contributed by atoms with E-state index in [-0.39, 0.29) is 12.3 Å². The fraction of sp³-hybridized carbons (Fsp3) is 0.269. The number of carbonyl (C=O) groups is 3. The number of carboxylic acids is 1. The van der Waals surface area contributed by atoms with Crippen LogP contribution in [0.3, 0.4) is 0 Å². The monoisotopic (exact) mass is 481 g/mol. The van der Waals surface area contributed by atoms with Gasteiger partial charge in [0.05, 0.1) is 10.7 Å². The molecule has 0 heterocycles. The number of hydrogen-bond acceptors (Lipinski definition) is 3. The molecule has 3 N–H and O–H groups in total. The summed E-state index contributed by atoms with van der Waals surface area (Å²) in [4.78, 5) is 39.7. The molecule has 2 atom stereocenters. The van der Waals surface area contributed by atoms with Gasteiger partial charge in [-0.1, -0.05) is 80.1 Å². The van der Waals surface area contributed by atoms with Crippen molar-refractivity contribution in [3.63, 3.8) is 0 Å². The fourth-order valence-electron chi connectivity index (χ4n) is 4.05. The summed E-state index contributed by atoms with van der Waals surface area (Å²) in [5.74, 6) is -1.97. The van der Waals surface area contributed by atoms with Gasteiger partial charge in [-0.3, -0.25) is 4.79 Å². The van der Waals surface area contributed by atoms with E-state index in [1.165, 1.54) is 11.9 Å². The topological polar surface area (TPSA) is 98.7 Å². The van der Waals surface area contributed by atoms with E-state index in [9.17, 15) is 19.5 Å². The lowest BCUT2D eigenvalue weighted by Crippen LogP contribution is -2.62. The molecule has 0 aromatic heterocycles. The second kappa shape index (κ2) is 10.6. The van der Waals surface area contributed by atoms with Gasteiger partial charge in [0.15, 0.2) is 0 Å². The standard InChI is InChI=1S/C26H28ClN3O4/c1-17(2)22(23(31)32)30(3)24(33)26(29-25(34)28-21-12-8-7-11-20(21)27)15-13-19(14-16-26)18-9-5-4-6-10-18/h4-15,17,22H,16H2,1-3H3,(H,31,32)(H2,28,29,34)/t22-,26?/m0/s1. The number of amides is 3. The molecule has 0 bridgehead atoms. The SMILES string of the molecule is CC(C)[C@@H](C(=O)O)N(C)C(=O)C1(NC(=O)Nc2ccccc2Cl)C=CC(c2ccccc2)=CC1. The van der Waals surface area contributed by atoms with Crippen molar-refractivity contribution in [2.75, 3.05) is 12.4 Å². The summed E-state index contributed by atoms with van der Waals surface area (Å²) in [7, 11) is 1.45. The minimum atomic E-state index is -1.47. The quantitative estimate of drug-likeness (QED) is 0.528. The number of nitrogens with zero attached hydrogens (tertiary/aromatic N) is 1. The summed E-state index contributed by atoms with van der Waals surface area (Å²) in [5, 5.41) is 15.5. The van der Waals surface area contributed by atoms with Crippen LogP contribution in [0.2, 0.25) is 5.02 Å². The molecule has 34 heavy (non-hydrogen) atoms. The summed E-state index contributed by atoms with van der Waals surface area (Å²) < 4.78 is 0. The molecule has 2 aromatic rings. The van der Waals surface area contributed by atoms with Crippen LogP contribution >= 0.6 is 11.6 Å². The van der Waals surface area contributed by atoms with Crippen molar-refractivity contribution in [2.24, 2.45) is 5.92 Å². The number of carboxylic acid groups (broad SMARTS) is 1. The Morgan fingerprint density at radius 1 is 1.06 bits per heavy atom. The van der Waals surface area contributed by atoms with Gasteiger partial charge in [-0.2, -0.15) is 0 Å². The van der Waals surface area contributed by atoms with Crippen LogP contribution in [0.4, 0.5) is 10.5 Å². The number of aliphatic carboxylic acids is 1. The van der Waals surface area contributed by atoms with Crippen molar-refractivity contribution in [3.05, 3.63) is 83.4 Å². The maximum atomic E-state index is 13.7. The highest BCUT2D eigenvalue weighted by Crippen LogP contribution is 2.30. The van der Waals surface area contributed by atoms with Crippen molar-refractivity contribution in [1.82, 2.24) is 10.2 Å². The van der Waals surface area contributed by atoms with E-state index in [1.54, 1.807) is 50.3 Å². The Morgan fingerprint density at radius 2 is 1.71 bits per heavy atom. The molecular weight excluding hydrogens is 454 g/mol. The smallest absolute Gasteiger partial charge is 0.326 e. The van der Waals surface area contributed by atoms with Gasteiger partial charge in [-0.05, 0) is 35.3 Å². The third-order valence-electron chi connectivity index (χ3n) is 5.76. The number of urea groups is 1. The van der Waals surface area contributed by atoms with E-state index < -0.39 is 29.5 Å². The number of likely N-dealkylation sites (N-methyl/N-ethyl adjacent to an activating group) is 1. The van der Waals surface area contributed by atoms with Crippen LogP contribution in [-0.4, -0.2) is 46.5 Å². The highest BCUT2D eigenvalue weighted by molar-refractivity contribution is 6.33. The Bertz CT molecular complexity index is 1130. The zero-order chi connectivity index (χ0) is 24.9. The number of hydrogen-bond donors (Lipinski definition) is 3. The number of carbonyl (C=O) groups excluding carboxylic acids is 2. The Balaban J connectivity index is 1.92. The average Bonchev–Trinajstić information content (AvgIpc) is 2.80. The Hall–Kier alpha value is -3.58. The molecule has 178 valence electrons. The third-order valence-corrected chi connectivity index (χ3v) is 6.09. The van der Waals surface area contributed by atoms with Crippen molar-refractivity contribution in [1.29, 1.82) is 0 Å². The van der Waals surface area contributed by atoms with Crippen LogP contribution in [0.5, 0.6) is 0 Å². The lowest BCUT2D eigenvalue weighted by atomic mass is 9.84. The second-order valence-corrected chi connectivity index (χ2v) is 8.94. The number of halogens is 1. The molecule has 1 unspecified atom stereocenters. The molecule has 0 saturated heterocycles. The summed E-state index contributed by atoms with van der Waals surface area (Å²) in [6.07, 6.45) is 5.41. The minimum absolute atomic E-state index is 0.150. The zero-order valence-corrected chi connectivity index (χ0v) is 20.0. The van der Waals surface area contributed by atoms with Crippen LogP contribution in [0.25, 0.3) is 5.57 Å². The van der Waals surface area contributed by atoms with Crippen LogP contribution in [0, 0.1) is 5.92 Å². The van der Waals surface area contributed by atoms with E-state index in [0.717, 1.165) is 11.1 Å². The Labute approximate surface area is 204 Å². The van der Waals surface area contributed by atoms with Crippen LogP contribution < -0.4 is 10.6 Å². The number of rotatable bonds is 7. The first-order valence-electron chi connectivity index (χ1n) is 10.9. The van der Waals surface area contributed by atoms with Gasteiger partial charge in [0.1, 0.15) is 11.6 Å². The number of allylic oxidation sites excluding steroid dienone is 2. The summed E-state index contributed by atoms with van der Waals surface area (Å²) >= 11 is 6.15. The average molecular weight is 482 g/mol. The van der Waals surface area contributed by atoms with Gasteiger partial charge >= 0.3 is 12.0 Å². The predicted molar refractivity (Wildman–Crippen MR) is 134 cm³/mol. The molecule has 2 aromatic carbocycles. The van der Waals surface area contributed by atoms with E-state index in [1.807, 2.05) is 36.4 Å². The first kappa shape index (κ1) is 25.1. The molecule has 0 radical (unpaired) electrons. The molecule has 8 heteroatoms. The van der Waals surface area contributed by atoms with Gasteiger partial charge in [0, 0.05) is 13.5 Å². The van der Waals surface area contributed by atoms with Crippen molar-refractivity contribution in [2.45, 2.75) is 31.8 Å². The first-order valence-corrected chi connectivity index (χ1v) is 11.3. The molecule has 0 saturated carbocycles. The maximum absolute atomic E-state index is 13.7. The Kier molecular flexibility index (Phi) is 7.79. The summed E-state index contributed by atoms with van der Waals surface area (Å²) in [6.45, 7) is 3.47. The van der Waals surface area contributed by atoms with Crippen molar-refractivity contribution in [3.8, 4) is 0 Å². The van der Waals surface area contributed by atoms with Gasteiger partial charge in [-0.25, -0.2) is 9.59 Å². The van der Waals surface area contributed by atoms with Gasteiger partial charge in [0.2, 0.25) is 0 Å². The summed E-state index contributed by atoms with van der Waals surface area (Å²) in [5.41, 5.74) is 0.794. The van der Waals surface area contributed by atoms with Gasteiger partial charge in [-0.15, -0.1) is 0 Å². The highest BCUT2D eigenvalue weighted by atomic mass is 35.5. The highest BCUT2D eigenvalue weighted by Gasteiger charge is 2.44. The lowest BCUT2D eigenvalue weighted by molar-refractivity contribution is -0.152. The molecular formula is C26H28ClN3O4. The molecule has 1 aliphatic carbocycles. The van der Waals surface area contributed by atoms with E-state index >= 15 is 0 Å². The molecule has 0 aliphatic heterocycles. The molecule has 0 fully saturated rings. The van der Waals surface area contributed by atoms with Crippen LogP contribution in [0.1, 0.15) is 25.8 Å². The minimum Gasteiger partial charge on any atom is -0.480 e. The van der Waals surface area contributed by atoms with Crippen LogP contribution in [-0.2, 0) is 9.59 Å². The number of benzene rings is 2. The number of nitrogens with one attached hydrogen (secondary N) is 2. The largest absolute Gasteiger partial charge is 0.480 e. The van der Waals surface area contributed by atoms with Crippen molar-refractivity contribution >= 4 is 40.8 Å². The summed E-state index contributed by atoms with van der Waals surface area (Å²) in [6, 6.07) is 14.7. The van der Waals surface area contributed by atoms with Crippen LogP contribution in [0.15, 0.2) is 72.8 Å². The molecule has 7 nitrogen and oxygen atoms in total. The molecule has 3 amide bonds. The second-order valence-electron chi connectivity index (χ2n) is 8.54. The molecule has 1 aliphatic rings. The fourth-order valence-corrected chi connectivity index (χ4v) is 4.23. The predicted octanol–water partition coefficient (Wildman–Crippen LogP) is 4.81. The molecule has 0 spiro atoms. The van der Waals surface area contributed by atoms with E-state index in [2.05, 4.69) is 10.6 Å². The van der Waals surface area contributed by atoms with E-state index in [0.29, 0.717) is 10.7 Å².